The largest absolute Gasteiger partial charge is 0.314 e. The van der Waals surface area contributed by atoms with Gasteiger partial charge in [0, 0.05) is 6.04 Å². The molecule has 0 amide bonds. The summed E-state index contributed by atoms with van der Waals surface area (Å²) in [5.74, 6) is 3.81. The molecule has 0 aromatic carbocycles. The number of hydrogen-bond donors (Lipinski definition) is 1. The smallest absolute Gasteiger partial charge is 0.00683 e. The van der Waals surface area contributed by atoms with Crippen molar-refractivity contribution < 1.29 is 0 Å². The number of nitrogens with one attached hydrogen (secondary N) is 1. The Morgan fingerprint density at radius 1 is 1.06 bits per heavy atom. The highest BCUT2D eigenvalue weighted by Crippen LogP contribution is 2.37. The topological polar surface area (TPSA) is 12.0 Å². The molecule has 2 fully saturated rings. The molecular formula is C15H29N. The predicted molar refractivity (Wildman–Crippen MR) is 70.5 cm³/mol. The molecule has 3 atom stereocenters. The second-order valence-electron chi connectivity index (χ2n) is 6.75. The third-order valence-electron chi connectivity index (χ3n) is 4.42. The van der Waals surface area contributed by atoms with Crippen molar-refractivity contribution in [3.63, 3.8) is 0 Å². The lowest BCUT2D eigenvalue weighted by Crippen LogP contribution is -2.34. The van der Waals surface area contributed by atoms with Crippen LogP contribution < -0.4 is 5.32 Å². The molecule has 2 rings (SSSR count). The van der Waals surface area contributed by atoms with Gasteiger partial charge in [-0.25, -0.2) is 0 Å². The number of hydrogen-bond acceptors (Lipinski definition) is 1. The first-order chi connectivity index (χ1) is 7.65. The summed E-state index contributed by atoms with van der Waals surface area (Å²) in [7, 11) is 0. The zero-order chi connectivity index (χ0) is 11.5. The van der Waals surface area contributed by atoms with Crippen LogP contribution in [0.1, 0.15) is 59.3 Å². The first-order valence-corrected chi connectivity index (χ1v) is 7.38. The Labute approximate surface area is 101 Å². The van der Waals surface area contributed by atoms with Crippen molar-refractivity contribution in [3.05, 3.63) is 0 Å². The Bertz CT molecular complexity index is 205. The standard InChI is InChI=1S/C15H29N/c1-11(2)8-14-9-12(3)4-5-13(14)10-16-15-6-7-15/h11-16H,4-10H2,1-3H3. The van der Waals surface area contributed by atoms with Crippen LogP contribution in [-0.2, 0) is 0 Å². The monoisotopic (exact) mass is 223 g/mol. The van der Waals surface area contributed by atoms with Crippen LogP contribution in [0.25, 0.3) is 0 Å². The summed E-state index contributed by atoms with van der Waals surface area (Å²) < 4.78 is 0. The second-order valence-corrected chi connectivity index (χ2v) is 6.75. The van der Waals surface area contributed by atoms with Crippen LogP contribution in [0, 0.1) is 23.7 Å². The van der Waals surface area contributed by atoms with Gasteiger partial charge in [-0.15, -0.1) is 0 Å². The lowest BCUT2D eigenvalue weighted by molar-refractivity contribution is 0.160. The van der Waals surface area contributed by atoms with E-state index in [-0.39, 0.29) is 0 Å². The van der Waals surface area contributed by atoms with Gasteiger partial charge in [0.1, 0.15) is 0 Å². The van der Waals surface area contributed by atoms with Gasteiger partial charge in [0.15, 0.2) is 0 Å². The normalized spacial score (nSPS) is 35.6. The molecule has 0 bridgehead atoms. The lowest BCUT2D eigenvalue weighted by atomic mass is 9.71. The Morgan fingerprint density at radius 3 is 2.44 bits per heavy atom. The molecule has 1 nitrogen and oxygen atoms in total. The van der Waals surface area contributed by atoms with E-state index in [1.54, 1.807) is 0 Å². The summed E-state index contributed by atoms with van der Waals surface area (Å²) in [5.41, 5.74) is 0. The van der Waals surface area contributed by atoms with Gasteiger partial charge in [-0.1, -0.05) is 27.2 Å². The van der Waals surface area contributed by atoms with Crippen molar-refractivity contribution in [2.75, 3.05) is 6.54 Å². The van der Waals surface area contributed by atoms with Crippen molar-refractivity contribution in [3.8, 4) is 0 Å². The fourth-order valence-corrected chi connectivity index (χ4v) is 3.33. The summed E-state index contributed by atoms with van der Waals surface area (Å²) >= 11 is 0. The highest BCUT2D eigenvalue weighted by atomic mass is 14.9. The molecule has 16 heavy (non-hydrogen) atoms. The molecule has 0 saturated heterocycles. The molecule has 3 unspecified atom stereocenters. The first kappa shape index (κ1) is 12.4. The van der Waals surface area contributed by atoms with Crippen molar-refractivity contribution in [2.45, 2.75) is 65.3 Å². The molecular weight excluding hydrogens is 194 g/mol. The average Bonchev–Trinajstić information content (AvgIpc) is 2.99. The van der Waals surface area contributed by atoms with Crippen molar-refractivity contribution >= 4 is 0 Å². The average molecular weight is 223 g/mol. The maximum Gasteiger partial charge on any atom is 0.00683 e. The quantitative estimate of drug-likeness (QED) is 0.747. The Hall–Kier alpha value is -0.0400. The van der Waals surface area contributed by atoms with Crippen LogP contribution in [0.5, 0.6) is 0 Å². The van der Waals surface area contributed by atoms with Crippen LogP contribution in [0.15, 0.2) is 0 Å². The molecule has 0 aromatic heterocycles. The van der Waals surface area contributed by atoms with Gasteiger partial charge in [0.2, 0.25) is 0 Å². The zero-order valence-electron chi connectivity index (χ0n) is 11.3. The lowest BCUT2D eigenvalue weighted by Gasteiger charge is -2.36. The van der Waals surface area contributed by atoms with Crippen LogP contribution in [0.3, 0.4) is 0 Å². The molecule has 2 saturated carbocycles. The summed E-state index contributed by atoms with van der Waals surface area (Å²) in [4.78, 5) is 0. The van der Waals surface area contributed by atoms with E-state index in [1.165, 1.54) is 45.1 Å². The maximum atomic E-state index is 3.74. The van der Waals surface area contributed by atoms with E-state index in [4.69, 9.17) is 0 Å². The minimum atomic E-state index is 0.874. The van der Waals surface area contributed by atoms with Gasteiger partial charge in [-0.2, -0.15) is 0 Å². The molecule has 0 aliphatic heterocycles. The predicted octanol–water partition coefficient (Wildman–Crippen LogP) is 3.84. The third-order valence-corrected chi connectivity index (χ3v) is 4.42. The Balaban J connectivity index is 1.80. The highest BCUT2D eigenvalue weighted by molar-refractivity contribution is 4.85. The molecule has 0 radical (unpaired) electrons. The molecule has 2 aliphatic rings. The molecule has 2 aliphatic carbocycles. The van der Waals surface area contributed by atoms with Crippen molar-refractivity contribution in [1.29, 1.82) is 0 Å². The zero-order valence-corrected chi connectivity index (χ0v) is 11.3. The van der Waals surface area contributed by atoms with Crippen LogP contribution >= 0.6 is 0 Å². The SMILES string of the molecule is CC(C)CC1CC(C)CCC1CNC1CC1. The van der Waals surface area contributed by atoms with E-state index in [0.717, 1.165) is 29.7 Å². The molecule has 0 heterocycles. The minimum absolute atomic E-state index is 0.874. The van der Waals surface area contributed by atoms with Gasteiger partial charge in [0.05, 0.1) is 0 Å². The third kappa shape index (κ3) is 3.76. The molecule has 0 spiro atoms. The summed E-state index contributed by atoms with van der Waals surface area (Å²) in [6.45, 7) is 8.50. The van der Waals surface area contributed by atoms with Gasteiger partial charge in [0.25, 0.3) is 0 Å². The van der Waals surface area contributed by atoms with E-state index in [9.17, 15) is 0 Å². The fourth-order valence-electron chi connectivity index (χ4n) is 3.33. The molecule has 0 aromatic rings. The summed E-state index contributed by atoms with van der Waals surface area (Å²) in [5, 5.41) is 3.74. The van der Waals surface area contributed by atoms with Crippen LogP contribution in [0.4, 0.5) is 0 Å². The number of rotatable bonds is 5. The van der Waals surface area contributed by atoms with E-state index in [1.807, 2.05) is 0 Å². The summed E-state index contributed by atoms with van der Waals surface area (Å²) in [6.07, 6.45) is 8.72. The van der Waals surface area contributed by atoms with Gasteiger partial charge in [-0.3, -0.25) is 0 Å². The van der Waals surface area contributed by atoms with Gasteiger partial charge >= 0.3 is 0 Å². The van der Waals surface area contributed by atoms with Crippen molar-refractivity contribution in [1.82, 2.24) is 5.32 Å². The first-order valence-electron chi connectivity index (χ1n) is 7.38. The summed E-state index contributed by atoms with van der Waals surface area (Å²) in [6, 6.07) is 0.888. The van der Waals surface area contributed by atoms with E-state index >= 15 is 0 Å². The fraction of sp³-hybridized carbons (Fsp3) is 1.00. The highest BCUT2D eigenvalue weighted by Gasteiger charge is 2.30. The van der Waals surface area contributed by atoms with Crippen LogP contribution in [-0.4, -0.2) is 12.6 Å². The second kappa shape index (κ2) is 5.53. The molecule has 94 valence electrons. The Kier molecular flexibility index (Phi) is 4.29. The van der Waals surface area contributed by atoms with E-state index < -0.39 is 0 Å². The van der Waals surface area contributed by atoms with E-state index in [0.29, 0.717) is 0 Å². The van der Waals surface area contributed by atoms with E-state index in [2.05, 4.69) is 26.1 Å². The molecule has 1 heteroatoms. The Morgan fingerprint density at radius 2 is 1.81 bits per heavy atom. The van der Waals surface area contributed by atoms with Gasteiger partial charge in [-0.05, 0) is 62.3 Å². The minimum Gasteiger partial charge on any atom is -0.314 e. The molecule has 1 N–H and O–H groups in total. The van der Waals surface area contributed by atoms with Crippen LogP contribution in [0.2, 0.25) is 0 Å². The maximum absolute atomic E-state index is 3.74. The van der Waals surface area contributed by atoms with Gasteiger partial charge < -0.3 is 5.32 Å². The van der Waals surface area contributed by atoms with Crippen molar-refractivity contribution in [2.24, 2.45) is 23.7 Å².